The Kier molecular flexibility index (Phi) is 4.58. The molecular formula is C13H3Cl2F5O2. The molecule has 0 spiro atoms. The van der Waals surface area contributed by atoms with Gasteiger partial charge < -0.3 is 4.74 Å². The molecule has 0 saturated heterocycles. The van der Waals surface area contributed by atoms with Crippen LogP contribution in [0.3, 0.4) is 0 Å². The van der Waals surface area contributed by atoms with Crippen LogP contribution >= 0.6 is 23.2 Å². The molecule has 2 aromatic carbocycles. The van der Waals surface area contributed by atoms with E-state index in [1.807, 2.05) is 0 Å². The molecule has 22 heavy (non-hydrogen) atoms. The minimum atomic E-state index is -2.38. The Balaban J connectivity index is 2.46. The van der Waals surface area contributed by atoms with E-state index in [1.165, 1.54) is 6.07 Å². The van der Waals surface area contributed by atoms with Crippen molar-refractivity contribution in [2.75, 3.05) is 0 Å². The van der Waals surface area contributed by atoms with Crippen LogP contribution in [-0.2, 0) is 0 Å². The maximum absolute atomic E-state index is 13.4. The third kappa shape index (κ3) is 2.86. The molecule has 0 saturated carbocycles. The molecular weight excluding hydrogens is 354 g/mol. The number of carbonyl (C=O) groups excluding carboxylic acids is 1. The maximum Gasteiger partial charge on any atom is 0.349 e. The number of carbonyl (C=O) groups is 1. The lowest BCUT2D eigenvalue weighted by Crippen LogP contribution is -2.17. The number of rotatable bonds is 2. The summed E-state index contributed by atoms with van der Waals surface area (Å²) < 4.78 is 70.3. The minimum absolute atomic E-state index is 0.182. The average molecular weight is 357 g/mol. The molecule has 0 fully saturated rings. The van der Waals surface area contributed by atoms with Crippen LogP contribution in [0.5, 0.6) is 5.75 Å². The Morgan fingerprint density at radius 3 is 1.86 bits per heavy atom. The lowest BCUT2D eigenvalue weighted by molar-refractivity contribution is 0.0721. The predicted octanol–water partition coefficient (Wildman–Crippen LogP) is 4.91. The van der Waals surface area contributed by atoms with Crippen molar-refractivity contribution in [3.8, 4) is 5.75 Å². The molecule has 0 aliphatic heterocycles. The lowest BCUT2D eigenvalue weighted by atomic mass is 10.1. The first kappa shape index (κ1) is 16.5. The molecule has 0 radical (unpaired) electrons. The highest BCUT2D eigenvalue weighted by atomic mass is 35.5. The SMILES string of the molecule is O=C(Oc1ccc(Cl)cc1Cl)c1c(F)c(F)c(F)c(F)c1F. The normalized spacial score (nSPS) is 10.7. The third-order valence-electron chi connectivity index (χ3n) is 2.51. The summed E-state index contributed by atoms with van der Waals surface area (Å²) in [6.07, 6.45) is 0. The fourth-order valence-corrected chi connectivity index (χ4v) is 1.94. The van der Waals surface area contributed by atoms with Crippen LogP contribution in [-0.4, -0.2) is 5.97 Å². The van der Waals surface area contributed by atoms with Gasteiger partial charge in [-0.25, -0.2) is 26.7 Å². The zero-order valence-corrected chi connectivity index (χ0v) is 11.7. The summed E-state index contributed by atoms with van der Waals surface area (Å²) in [4.78, 5) is 11.7. The molecule has 0 atom stereocenters. The van der Waals surface area contributed by atoms with Crippen molar-refractivity contribution in [1.82, 2.24) is 0 Å². The molecule has 0 unspecified atom stereocenters. The van der Waals surface area contributed by atoms with Crippen molar-refractivity contribution in [2.24, 2.45) is 0 Å². The molecule has 0 aliphatic carbocycles. The van der Waals surface area contributed by atoms with Gasteiger partial charge in [-0.15, -0.1) is 0 Å². The Hall–Kier alpha value is -1.86. The molecule has 2 aromatic rings. The topological polar surface area (TPSA) is 26.3 Å². The number of halogens is 7. The van der Waals surface area contributed by atoms with Crippen LogP contribution in [0.15, 0.2) is 18.2 Å². The zero-order valence-electron chi connectivity index (χ0n) is 10.2. The van der Waals surface area contributed by atoms with Crippen LogP contribution in [0, 0.1) is 29.1 Å². The second-order valence-electron chi connectivity index (χ2n) is 3.91. The van der Waals surface area contributed by atoms with Crippen molar-refractivity contribution in [3.05, 3.63) is 62.9 Å². The first-order chi connectivity index (χ1) is 10.2. The summed E-state index contributed by atoms with van der Waals surface area (Å²) in [5, 5.41) is -0.00856. The summed E-state index contributed by atoms with van der Waals surface area (Å²) in [7, 11) is 0. The second kappa shape index (κ2) is 6.10. The minimum Gasteiger partial charge on any atom is -0.421 e. The van der Waals surface area contributed by atoms with Crippen LogP contribution in [0.2, 0.25) is 10.0 Å². The lowest BCUT2D eigenvalue weighted by Gasteiger charge is -2.09. The number of esters is 1. The molecule has 0 heterocycles. The number of hydrogen-bond acceptors (Lipinski definition) is 2. The summed E-state index contributed by atoms with van der Waals surface area (Å²) >= 11 is 11.3. The van der Waals surface area contributed by atoms with E-state index in [2.05, 4.69) is 4.74 Å². The molecule has 0 aromatic heterocycles. The van der Waals surface area contributed by atoms with Gasteiger partial charge in [0.1, 0.15) is 11.3 Å². The largest absolute Gasteiger partial charge is 0.421 e. The van der Waals surface area contributed by atoms with E-state index in [4.69, 9.17) is 23.2 Å². The first-order valence-electron chi connectivity index (χ1n) is 5.42. The summed E-state index contributed by atoms with van der Waals surface area (Å²) in [5.74, 6) is -13.6. The second-order valence-corrected chi connectivity index (χ2v) is 4.75. The Morgan fingerprint density at radius 2 is 1.36 bits per heavy atom. The Labute approximate surface area is 130 Å². The van der Waals surface area contributed by atoms with Crippen LogP contribution < -0.4 is 4.74 Å². The van der Waals surface area contributed by atoms with Crippen molar-refractivity contribution < 1.29 is 31.5 Å². The molecule has 0 N–H and O–H groups in total. The zero-order chi connectivity index (χ0) is 16.6. The van der Waals surface area contributed by atoms with E-state index in [0.29, 0.717) is 0 Å². The van der Waals surface area contributed by atoms with Gasteiger partial charge >= 0.3 is 5.97 Å². The smallest absolute Gasteiger partial charge is 0.349 e. The molecule has 2 rings (SSSR count). The highest BCUT2D eigenvalue weighted by Crippen LogP contribution is 2.29. The van der Waals surface area contributed by atoms with Gasteiger partial charge in [0.2, 0.25) is 5.82 Å². The van der Waals surface area contributed by atoms with Gasteiger partial charge in [0, 0.05) is 5.02 Å². The van der Waals surface area contributed by atoms with Crippen molar-refractivity contribution in [3.63, 3.8) is 0 Å². The van der Waals surface area contributed by atoms with Crippen molar-refractivity contribution in [2.45, 2.75) is 0 Å². The first-order valence-corrected chi connectivity index (χ1v) is 6.18. The predicted molar refractivity (Wildman–Crippen MR) is 67.7 cm³/mol. The number of ether oxygens (including phenoxy) is 1. The van der Waals surface area contributed by atoms with Crippen molar-refractivity contribution in [1.29, 1.82) is 0 Å². The maximum atomic E-state index is 13.4. The van der Waals surface area contributed by atoms with Gasteiger partial charge in [-0.3, -0.25) is 0 Å². The molecule has 116 valence electrons. The van der Waals surface area contributed by atoms with Gasteiger partial charge in [0.25, 0.3) is 0 Å². The highest BCUT2D eigenvalue weighted by Gasteiger charge is 2.31. The molecule has 0 aliphatic rings. The van der Waals surface area contributed by atoms with Crippen LogP contribution in [0.1, 0.15) is 10.4 Å². The fraction of sp³-hybridized carbons (Fsp3) is 0. The summed E-state index contributed by atoms with van der Waals surface area (Å²) in [6.45, 7) is 0. The van der Waals surface area contributed by atoms with E-state index < -0.39 is 40.6 Å². The van der Waals surface area contributed by atoms with E-state index in [1.54, 1.807) is 0 Å². The molecule has 0 bridgehead atoms. The fourth-order valence-electron chi connectivity index (χ4n) is 1.49. The van der Waals surface area contributed by atoms with E-state index in [9.17, 15) is 26.7 Å². The molecule has 2 nitrogen and oxygen atoms in total. The quantitative estimate of drug-likeness (QED) is 0.251. The average Bonchev–Trinajstić information content (AvgIpc) is 2.46. The monoisotopic (exact) mass is 356 g/mol. The highest BCUT2D eigenvalue weighted by molar-refractivity contribution is 6.35. The molecule has 9 heteroatoms. The van der Waals surface area contributed by atoms with Crippen LogP contribution in [0.25, 0.3) is 0 Å². The molecule has 0 amide bonds. The van der Waals surface area contributed by atoms with E-state index >= 15 is 0 Å². The number of benzene rings is 2. The van der Waals surface area contributed by atoms with E-state index in [0.717, 1.165) is 12.1 Å². The van der Waals surface area contributed by atoms with Gasteiger partial charge in [-0.1, -0.05) is 23.2 Å². The summed E-state index contributed by atoms with van der Waals surface area (Å²) in [6, 6.07) is 3.49. The van der Waals surface area contributed by atoms with Gasteiger partial charge in [-0.2, -0.15) is 0 Å². The van der Waals surface area contributed by atoms with Gasteiger partial charge in [0.15, 0.2) is 23.3 Å². The standard InChI is InChI=1S/C13H3Cl2F5O2/c14-4-1-2-6(5(15)3-4)22-13(21)7-8(16)10(18)12(20)11(19)9(7)17/h1-3H. The van der Waals surface area contributed by atoms with Gasteiger partial charge in [0.05, 0.1) is 5.02 Å². The van der Waals surface area contributed by atoms with Crippen LogP contribution in [0.4, 0.5) is 22.0 Å². The van der Waals surface area contributed by atoms with E-state index in [-0.39, 0.29) is 15.8 Å². The summed E-state index contributed by atoms with van der Waals surface area (Å²) in [5.41, 5.74) is -1.72. The van der Waals surface area contributed by atoms with Crippen molar-refractivity contribution >= 4 is 29.2 Å². The Morgan fingerprint density at radius 1 is 0.864 bits per heavy atom. The number of hydrogen-bond donors (Lipinski definition) is 0. The third-order valence-corrected chi connectivity index (χ3v) is 3.04. The Bertz CT molecular complexity index is 751. The van der Waals surface area contributed by atoms with Gasteiger partial charge in [-0.05, 0) is 18.2 Å².